The SMILES string of the molecule is NCc1ccc(N2CCN(c3ncccn3)CC2)cc1. The number of rotatable bonds is 3. The van der Waals surface area contributed by atoms with Gasteiger partial charge in [0.15, 0.2) is 0 Å². The fourth-order valence-corrected chi connectivity index (χ4v) is 2.46. The predicted molar refractivity (Wildman–Crippen MR) is 80.8 cm³/mol. The van der Waals surface area contributed by atoms with Crippen LogP contribution in [0.4, 0.5) is 11.6 Å². The van der Waals surface area contributed by atoms with Crippen molar-refractivity contribution in [2.24, 2.45) is 5.73 Å². The molecule has 1 fully saturated rings. The first kappa shape index (κ1) is 12.9. The Kier molecular flexibility index (Phi) is 3.78. The number of hydrogen-bond donors (Lipinski definition) is 1. The molecule has 0 spiro atoms. The average molecular weight is 269 g/mol. The first-order valence-corrected chi connectivity index (χ1v) is 6.93. The van der Waals surface area contributed by atoms with Gasteiger partial charge in [0.2, 0.25) is 5.95 Å². The van der Waals surface area contributed by atoms with Crippen LogP contribution in [0.5, 0.6) is 0 Å². The second-order valence-electron chi connectivity index (χ2n) is 4.89. The summed E-state index contributed by atoms with van der Waals surface area (Å²) in [6, 6.07) is 10.3. The minimum atomic E-state index is 0.597. The average Bonchev–Trinajstić information content (AvgIpc) is 2.56. The second kappa shape index (κ2) is 5.88. The lowest BCUT2D eigenvalue weighted by Gasteiger charge is -2.36. The van der Waals surface area contributed by atoms with Gasteiger partial charge >= 0.3 is 0 Å². The summed E-state index contributed by atoms with van der Waals surface area (Å²) in [6.07, 6.45) is 3.58. The van der Waals surface area contributed by atoms with Gasteiger partial charge in [-0.25, -0.2) is 9.97 Å². The maximum absolute atomic E-state index is 5.63. The lowest BCUT2D eigenvalue weighted by molar-refractivity contribution is 0.640. The van der Waals surface area contributed by atoms with E-state index in [9.17, 15) is 0 Å². The lowest BCUT2D eigenvalue weighted by atomic mass is 10.2. The Balaban J connectivity index is 1.63. The molecule has 20 heavy (non-hydrogen) atoms. The van der Waals surface area contributed by atoms with E-state index in [1.165, 1.54) is 11.3 Å². The summed E-state index contributed by atoms with van der Waals surface area (Å²) in [4.78, 5) is 13.2. The summed E-state index contributed by atoms with van der Waals surface area (Å²) in [5, 5.41) is 0. The minimum Gasteiger partial charge on any atom is -0.368 e. The first-order chi connectivity index (χ1) is 9.86. The highest BCUT2D eigenvalue weighted by molar-refractivity contribution is 5.49. The van der Waals surface area contributed by atoms with Gasteiger partial charge in [-0.05, 0) is 23.8 Å². The second-order valence-corrected chi connectivity index (χ2v) is 4.89. The third-order valence-electron chi connectivity index (χ3n) is 3.65. The molecule has 2 aromatic rings. The topological polar surface area (TPSA) is 58.3 Å². The van der Waals surface area contributed by atoms with Crippen LogP contribution < -0.4 is 15.5 Å². The number of anilines is 2. The molecule has 1 aromatic carbocycles. The van der Waals surface area contributed by atoms with E-state index >= 15 is 0 Å². The normalized spacial score (nSPS) is 15.4. The zero-order valence-electron chi connectivity index (χ0n) is 11.4. The minimum absolute atomic E-state index is 0.597. The Morgan fingerprint density at radius 1 is 0.900 bits per heavy atom. The fraction of sp³-hybridized carbons (Fsp3) is 0.333. The van der Waals surface area contributed by atoms with Crippen LogP contribution in [0.1, 0.15) is 5.56 Å². The Labute approximate surface area is 119 Å². The monoisotopic (exact) mass is 269 g/mol. The van der Waals surface area contributed by atoms with Crippen molar-refractivity contribution in [2.45, 2.75) is 6.54 Å². The molecule has 1 aromatic heterocycles. The van der Waals surface area contributed by atoms with E-state index in [-0.39, 0.29) is 0 Å². The van der Waals surface area contributed by atoms with Crippen molar-refractivity contribution in [1.29, 1.82) is 0 Å². The lowest BCUT2D eigenvalue weighted by Crippen LogP contribution is -2.47. The van der Waals surface area contributed by atoms with Gasteiger partial charge in [0.05, 0.1) is 0 Å². The zero-order chi connectivity index (χ0) is 13.8. The van der Waals surface area contributed by atoms with Gasteiger partial charge in [-0.1, -0.05) is 12.1 Å². The molecule has 104 valence electrons. The van der Waals surface area contributed by atoms with Crippen LogP contribution >= 0.6 is 0 Å². The molecule has 0 amide bonds. The molecule has 1 aliphatic rings. The summed E-state index contributed by atoms with van der Waals surface area (Å²) in [6.45, 7) is 4.46. The molecule has 0 atom stereocenters. The summed E-state index contributed by atoms with van der Waals surface area (Å²) in [5.41, 5.74) is 8.06. The molecule has 5 nitrogen and oxygen atoms in total. The van der Waals surface area contributed by atoms with Crippen molar-refractivity contribution < 1.29 is 0 Å². The van der Waals surface area contributed by atoms with Crippen molar-refractivity contribution in [2.75, 3.05) is 36.0 Å². The number of piperazine rings is 1. The number of hydrogen-bond acceptors (Lipinski definition) is 5. The van der Waals surface area contributed by atoms with Crippen molar-refractivity contribution in [1.82, 2.24) is 9.97 Å². The highest BCUT2D eigenvalue weighted by Gasteiger charge is 2.18. The van der Waals surface area contributed by atoms with Gasteiger partial charge in [-0.3, -0.25) is 0 Å². The van der Waals surface area contributed by atoms with Crippen molar-refractivity contribution in [3.05, 3.63) is 48.3 Å². The van der Waals surface area contributed by atoms with Crippen LogP contribution in [0.3, 0.4) is 0 Å². The number of nitrogens with two attached hydrogens (primary N) is 1. The summed E-state index contributed by atoms with van der Waals surface area (Å²) in [7, 11) is 0. The van der Waals surface area contributed by atoms with E-state index in [2.05, 4.69) is 44.0 Å². The maximum atomic E-state index is 5.63. The van der Waals surface area contributed by atoms with Crippen LogP contribution in [-0.2, 0) is 6.54 Å². The molecule has 5 heteroatoms. The fourth-order valence-electron chi connectivity index (χ4n) is 2.46. The van der Waals surface area contributed by atoms with Crippen molar-refractivity contribution in [3.63, 3.8) is 0 Å². The van der Waals surface area contributed by atoms with Crippen LogP contribution in [0.25, 0.3) is 0 Å². The summed E-state index contributed by atoms with van der Waals surface area (Å²) < 4.78 is 0. The summed E-state index contributed by atoms with van der Waals surface area (Å²) in [5.74, 6) is 0.825. The first-order valence-electron chi connectivity index (χ1n) is 6.93. The zero-order valence-corrected chi connectivity index (χ0v) is 11.4. The van der Waals surface area contributed by atoms with E-state index < -0.39 is 0 Å². The van der Waals surface area contributed by atoms with Gasteiger partial charge in [0.1, 0.15) is 0 Å². The molecule has 0 saturated carbocycles. The van der Waals surface area contributed by atoms with E-state index in [0.717, 1.165) is 32.1 Å². The molecule has 0 radical (unpaired) electrons. The highest BCUT2D eigenvalue weighted by atomic mass is 15.3. The third kappa shape index (κ3) is 2.72. The van der Waals surface area contributed by atoms with Crippen LogP contribution in [-0.4, -0.2) is 36.1 Å². The highest BCUT2D eigenvalue weighted by Crippen LogP contribution is 2.18. The molecule has 2 N–H and O–H groups in total. The van der Waals surface area contributed by atoms with E-state index in [1.807, 2.05) is 6.07 Å². The molecule has 3 rings (SSSR count). The van der Waals surface area contributed by atoms with Gasteiger partial charge in [0.25, 0.3) is 0 Å². The Hall–Kier alpha value is -2.14. The standard InChI is InChI=1S/C15H19N5/c16-12-13-2-4-14(5-3-13)19-8-10-20(11-9-19)15-17-6-1-7-18-15/h1-7H,8-12,16H2. The molecule has 1 aliphatic heterocycles. The molecule has 0 aliphatic carbocycles. The molecule has 0 bridgehead atoms. The van der Waals surface area contributed by atoms with Crippen LogP contribution in [0.15, 0.2) is 42.7 Å². The Morgan fingerprint density at radius 3 is 2.10 bits per heavy atom. The Morgan fingerprint density at radius 2 is 1.50 bits per heavy atom. The molecule has 1 saturated heterocycles. The predicted octanol–water partition coefficient (Wildman–Crippen LogP) is 1.26. The smallest absolute Gasteiger partial charge is 0.225 e. The largest absolute Gasteiger partial charge is 0.368 e. The van der Waals surface area contributed by atoms with Gasteiger partial charge in [-0.15, -0.1) is 0 Å². The molecular weight excluding hydrogens is 250 g/mol. The Bertz CT molecular complexity index is 532. The van der Waals surface area contributed by atoms with E-state index in [1.54, 1.807) is 12.4 Å². The number of nitrogens with zero attached hydrogens (tertiary/aromatic N) is 4. The van der Waals surface area contributed by atoms with Gasteiger partial charge in [0, 0.05) is 50.8 Å². The number of aromatic nitrogens is 2. The van der Waals surface area contributed by atoms with Crippen molar-refractivity contribution >= 4 is 11.6 Å². The number of benzene rings is 1. The van der Waals surface area contributed by atoms with Crippen molar-refractivity contribution in [3.8, 4) is 0 Å². The quantitative estimate of drug-likeness (QED) is 0.909. The summed E-state index contributed by atoms with van der Waals surface area (Å²) >= 11 is 0. The van der Waals surface area contributed by atoms with Gasteiger partial charge in [-0.2, -0.15) is 0 Å². The molecular formula is C15H19N5. The van der Waals surface area contributed by atoms with E-state index in [0.29, 0.717) is 6.54 Å². The third-order valence-corrected chi connectivity index (χ3v) is 3.65. The maximum Gasteiger partial charge on any atom is 0.225 e. The van der Waals surface area contributed by atoms with E-state index in [4.69, 9.17) is 5.73 Å². The van der Waals surface area contributed by atoms with Crippen LogP contribution in [0, 0.1) is 0 Å². The van der Waals surface area contributed by atoms with Crippen LogP contribution in [0.2, 0.25) is 0 Å². The molecule has 2 heterocycles. The van der Waals surface area contributed by atoms with Gasteiger partial charge < -0.3 is 15.5 Å². The molecule has 0 unspecified atom stereocenters.